The number of carbonyl (C=O) groups is 5. The van der Waals surface area contributed by atoms with Crippen LogP contribution in [0.25, 0.3) is 12.0 Å². The Bertz CT molecular complexity index is 1860. The third-order valence-electron chi connectivity index (χ3n) is 12.2. The van der Waals surface area contributed by atoms with Crippen molar-refractivity contribution in [3.05, 3.63) is 42.8 Å². The molecule has 324 valence electrons. The predicted octanol–water partition coefficient (Wildman–Crippen LogP) is 3.70. The zero-order chi connectivity index (χ0) is 43.4. The van der Waals surface area contributed by atoms with Crippen LogP contribution < -0.4 is 5.32 Å². The molecule has 0 saturated carbocycles. The number of aliphatic hydroxyl groups excluding tert-OH is 1. The fraction of sp³-hybridized carbons (Fsp3) is 0.667. The van der Waals surface area contributed by atoms with Gasteiger partial charge < -0.3 is 39.0 Å². The summed E-state index contributed by atoms with van der Waals surface area (Å²) in [6, 6.07) is 1.33. The maximum atomic E-state index is 14.5. The molecule has 1 amide bonds. The Kier molecular flexibility index (Phi) is 14.5. The van der Waals surface area contributed by atoms with E-state index in [1.165, 1.54) is 6.92 Å². The maximum absolute atomic E-state index is 14.5. The molecule has 0 spiro atoms. The summed E-state index contributed by atoms with van der Waals surface area (Å²) in [5.41, 5.74) is -2.50. The molecular formula is C42H60N6O11. The second-order valence-electron chi connectivity index (χ2n) is 16.9. The van der Waals surface area contributed by atoms with Crippen LogP contribution in [0.5, 0.6) is 0 Å². The Balaban J connectivity index is 1.49. The third-order valence-corrected chi connectivity index (χ3v) is 12.2. The first-order chi connectivity index (χ1) is 27.8. The number of amides is 1. The standard InChI is InChI=1S/C42H60N6O11/c1-11-31-42(8)29(19-32(49)58-42)25(4)33(50)23(2)20-41(7,59-40(54)45-15-12-14-28-21-48(22-46-28)39-43-16-13-17-44-39)36(26(5)34(51)27(6)37(53)56-31)57-38-35(52)30(47(9)10)18-24(3)55-38/h12-14,16-17,21-27,29-31,35-36,38,52H,11,15,18-20H2,1-10H3,(H,45,54)/t23-,24-,25?,26+,27-,29?,30+,31-,35-,36-,38?,41-,42+/m1/s1. The highest BCUT2D eigenvalue weighted by Gasteiger charge is 2.57. The lowest BCUT2D eigenvalue weighted by atomic mass is 9.70. The lowest BCUT2D eigenvalue weighted by Gasteiger charge is -2.47. The van der Waals surface area contributed by atoms with E-state index in [0.29, 0.717) is 18.1 Å². The minimum absolute atomic E-state index is 0.0113. The number of fused-ring (bicyclic) bond motifs is 1. The molecular weight excluding hydrogens is 764 g/mol. The van der Waals surface area contributed by atoms with Gasteiger partial charge in [0.05, 0.1) is 18.2 Å². The van der Waals surface area contributed by atoms with Crippen molar-refractivity contribution in [2.75, 3.05) is 20.6 Å². The SMILES string of the molecule is CC[C@H]1OC(=O)[C@H](C)C(=O)[C@H](C)[C@@H](OC2O[C@H](C)C[C@H](N(C)C)[C@H]2O)[C@](C)(OC(=O)NCC=Cc2cn(-c3ncccn3)cn2)C[C@@H](C)C(=O)C(C)C2CC(=O)O[C@@]21C. The van der Waals surface area contributed by atoms with Gasteiger partial charge in [-0.2, -0.15) is 0 Å². The molecule has 3 fully saturated rings. The van der Waals surface area contributed by atoms with Crippen molar-refractivity contribution in [1.29, 1.82) is 0 Å². The number of aromatic nitrogens is 4. The number of hydrogen-bond donors (Lipinski definition) is 2. The van der Waals surface area contributed by atoms with Crippen molar-refractivity contribution >= 4 is 35.7 Å². The van der Waals surface area contributed by atoms with Crippen LogP contribution in [-0.2, 0) is 42.9 Å². The molecule has 0 radical (unpaired) electrons. The Morgan fingerprint density at radius 1 is 1.05 bits per heavy atom. The Morgan fingerprint density at radius 2 is 1.75 bits per heavy atom. The van der Waals surface area contributed by atoms with Crippen molar-refractivity contribution in [2.24, 2.45) is 29.6 Å². The molecule has 3 saturated heterocycles. The zero-order valence-electron chi connectivity index (χ0n) is 35.7. The van der Waals surface area contributed by atoms with Crippen molar-refractivity contribution in [2.45, 2.75) is 129 Å². The van der Waals surface area contributed by atoms with Crippen LogP contribution in [0, 0.1) is 29.6 Å². The molecule has 0 aromatic carbocycles. The summed E-state index contributed by atoms with van der Waals surface area (Å²) in [6.45, 7) is 13.3. The highest BCUT2D eigenvalue weighted by Crippen LogP contribution is 2.45. The monoisotopic (exact) mass is 824 g/mol. The number of alkyl carbamates (subject to hydrolysis) is 1. The van der Waals surface area contributed by atoms with Crippen molar-refractivity contribution in [1.82, 2.24) is 29.7 Å². The Hall–Kier alpha value is -4.58. The zero-order valence-corrected chi connectivity index (χ0v) is 35.7. The van der Waals surface area contributed by atoms with Crippen molar-refractivity contribution in [3.8, 4) is 5.95 Å². The van der Waals surface area contributed by atoms with E-state index in [0.717, 1.165) is 0 Å². The quantitative estimate of drug-likeness (QED) is 0.210. The van der Waals surface area contributed by atoms with E-state index in [4.69, 9.17) is 23.7 Å². The van der Waals surface area contributed by atoms with E-state index in [1.807, 2.05) is 25.9 Å². The van der Waals surface area contributed by atoms with E-state index < -0.39 is 89.2 Å². The molecule has 2 aromatic rings. The first-order valence-corrected chi connectivity index (χ1v) is 20.4. The number of imidazole rings is 1. The third kappa shape index (κ3) is 10.1. The van der Waals surface area contributed by atoms with E-state index in [-0.39, 0.29) is 43.7 Å². The molecule has 2 N–H and O–H groups in total. The van der Waals surface area contributed by atoms with Gasteiger partial charge in [0.1, 0.15) is 47.5 Å². The van der Waals surface area contributed by atoms with Crippen LogP contribution in [0.15, 0.2) is 37.1 Å². The fourth-order valence-electron chi connectivity index (χ4n) is 8.92. The number of ketones is 2. The van der Waals surface area contributed by atoms with E-state index in [1.54, 1.807) is 89.2 Å². The number of carbonyl (C=O) groups excluding carboxylic acids is 5. The number of Topliss-reactive ketones (excluding diaryl/α,β-unsaturated/α-hetero) is 2. The van der Waals surface area contributed by atoms with Crippen LogP contribution in [0.1, 0.15) is 86.8 Å². The molecule has 0 aliphatic carbocycles. The Labute approximate surface area is 345 Å². The fourth-order valence-corrected chi connectivity index (χ4v) is 8.92. The van der Waals surface area contributed by atoms with Gasteiger partial charge >= 0.3 is 18.0 Å². The first kappa shape index (κ1) is 45.5. The number of ether oxygens (including phenoxy) is 5. The molecule has 59 heavy (non-hydrogen) atoms. The van der Waals surface area contributed by atoms with Crippen LogP contribution in [0.2, 0.25) is 0 Å². The van der Waals surface area contributed by atoms with Crippen LogP contribution in [-0.4, -0.2) is 128 Å². The van der Waals surface area contributed by atoms with Gasteiger partial charge in [0.25, 0.3) is 0 Å². The van der Waals surface area contributed by atoms with Gasteiger partial charge in [-0.3, -0.25) is 23.7 Å². The lowest BCUT2D eigenvalue weighted by molar-refractivity contribution is -0.292. The van der Waals surface area contributed by atoms with E-state index in [2.05, 4.69) is 20.3 Å². The number of esters is 2. The van der Waals surface area contributed by atoms with Gasteiger partial charge in [-0.25, -0.2) is 19.7 Å². The molecule has 17 nitrogen and oxygen atoms in total. The summed E-state index contributed by atoms with van der Waals surface area (Å²) < 4.78 is 32.4. The van der Waals surface area contributed by atoms with Crippen molar-refractivity contribution in [3.63, 3.8) is 0 Å². The number of hydrogen-bond acceptors (Lipinski definition) is 15. The molecule has 3 unspecified atom stereocenters. The molecule has 13 atom stereocenters. The van der Waals surface area contributed by atoms with Gasteiger partial charge in [-0.05, 0) is 73.2 Å². The van der Waals surface area contributed by atoms with Gasteiger partial charge in [-0.1, -0.05) is 33.8 Å². The van der Waals surface area contributed by atoms with Crippen LogP contribution >= 0.6 is 0 Å². The summed E-state index contributed by atoms with van der Waals surface area (Å²) in [7, 11) is 3.65. The van der Waals surface area contributed by atoms with Gasteiger partial charge in [-0.15, -0.1) is 0 Å². The van der Waals surface area contributed by atoms with Crippen molar-refractivity contribution < 1.29 is 52.8 Å². The number of nitrogens with zero attached hydrogens (tertiary/aromatic N) is 5. The second-order valence-corrected chi connectivity index (χ2v) is 16.9. The summed E-state index contributed by atoms with van der Waals surface area (Å²) >= 11 is 0. The summed E-state index contributed by atoms with van der Waals surface area (Å²) in [6.07, 6.45) is 4.43. The topological polar surface area (TPSA) is 211 Å². The smallest absolute Gasteiger partial charge is 0.408 e. The lowest BCUT2D eigenvalue weighted by Crippen LogP contribution is -2.60. The van der Waals surface area contributed by atoms with Gasteiger partial charge in [0, 0.05) is 54.8 Å². The highest BCUT2D eigenvalue weighted by atomic mass is 16.7. The van der Waals surface area contributed by atoms with Crippen LogP contribution in [0.4, 0.5) is 4.79 Å². The minimum atomic E-state index is -1.74. The molecule has 5 rings (SSSR count). The average molecular weight is 825 g/mol. The molecule has 17 heteroatoms. The number of aliphatic hydroxyl groups is 1. The molecule has 0 bridgehead atoms. The number of likely N-dealkylation sites (N-methyl/N-ethyl adjacent to an activating group) is 1. The minimum Gasteiger partial charge on any atom is -0.458 e. The molecule has 2 aromatic heterocycles. The average Bonchev–Trinajstić information content (AvgIpc) is 3.80. The van der Waals surface area contributed by atoms with E-state index in [9.17, 15) is 29.1 Å². The molecule has 5 heterocycles. The Morgan fingerprint density at radius 3 is 2.41 bits per heavy atom. The largest absolute Gasteiger partial charge is 0.458 e. The normalized spacial score (nSPS) is 36.2. The number of rotatable bonds is 9. The summed E-state index contributed by atoms with van der Waals surface area (Å²) in [5, 5.41) is 14.3. The predicted molar refractivity (Wildman–Crippen MR) is 212 cm³/mol. The number of cyclic esters (lactones) is 1. The van der Waals surface area contributed by atoms with Crippen LogP contribution in [0.3, 0.4) is 0 Å². The van der Waals surface area contributed by atoms with E-state index >= 15 is 0 Å². The van der Waals surface area contributed by atoms with Gasteiger partial charge in [0.15, 0.2) is 12.1 Å². The number of nitrogens with one attached hydrogen (secondary N) is 1. The maximum Gasteiger partial charge on any atom is 0.408 e. The first-order valence-electron chi connectivity index (χ1n) is 20.4. The summed E-state index contributed by atoms with van der Waals surface area (Å²) in [5.74, 6) is -6.49. The highest BCUT2D eigenvalue weighted by molar-refractivity contribution is 6.00. The second kappa shape index (κ2) is 18.8. The molecule has 3 aliphatic heterocycles. The molecule has 3 aliphatic rings. The summed E-state index contributed by atoms with van der Waals surface area (Å²) in [4.78, 5) is 83.9. The van der Waals surface area contributed by atoms with Gasteiger partial charge in [0.2, 0.25) is 5.95 Å².